The van der Waals surface area contributed by atoms with Crippen LogP contribution in [0.15, 0.2) is 0 Å². The van der Waals surface area contributed by atoms with Gasteiger partial charge in [-0.25, -0.2) is 0 Å². The van der Waals surface area contributed by atoms with Gasteiger partial charge in [-0.3, -0.25) is 4.90 Å². The quantitative estimate of drug-likeness (QED) is 0.537. The van der Waals surface area contributed by atoms with Crippen molar-refractivity contribution in [1.82, 2.24) is 4.90 Å². The van der Waals surface area contributed by atoms with E-state index in [4.69, 9.17) is 9.84 Å². The van der Waals surface area contributed by atoms with Crippen molar-refractivity contribution in [2.24, 2.45) is 0 Å². The second kappa shape index (κ2) is 12.0. The molecule has 3 heteroatoms. The van der Waals surface area contributed by atoms with Crippen LogP contribution in [0, 0.1) is 0 Å². The first-order chi connectivity index (χ1) is 7.35. The molecule has 0 unspecified atom stereocenters. The maximum absolute atomic E-state index is 8.89. The van der Waals surface area contributed by atoms with E-state index in [9.17, 15) is 0 Å². The van der Waals surface area contributed by atoms with Gasteiger partial charge in [0.1, 0.15) is 0 Å². The molecule has 0 aromatic carbocycles. The second-order valence-electron chi connectivity index (χ2n) is 3.88. The zero-order valence-electron chi connectivity index (χ0n) is 10.4. The zero-order chi connectivity index (χ0) is 11.4. The van der Waals surface area contributed by atoms with E-state index in [1.54, 1.807) is 0 Å². The van der Waals surface area contributed by atoms with E-state index < -0.39 is 0 Å². The fourth-order valence-corrected chi connectivity index (χ4v) is 1.40. The molecule has 0 aliphatic heterocycles. The lowest BCUT2D eigenvalue weighted by molar-refractivity contribution is 0.0933. The van der Waals surface area contributed by atoms with Crippen molar-refractivity contribution in [2.45, 2.75) is 39.5 Å². The van der Waals surface area contributed by atoms with Crippen LogP contribution in [-0.2, 0) is 4.74 Å². The highest BCUT2D eigenvalue weighted by Gasteiger charge is 2.02. The smallest absolute Gasteiger partial charge is 0.0593 e. The Morgan fingerprint density at radius 1 is 0.933 bits per heavy atom. The van der Waals surface area contributed by atoms with Crippen molar-refractivity contribution < 1.29 is 9.84 Å². The second-order valence-corrected chi connectivity index (χ2v) is 3.88. The van der Waals surface area contributed by atoms with E-state index in [0.29, 0.717) is 0 Å². The summed E-state index contributed by atoms with van der Waals surface area (Å²) < 4.78 is 5.51. The highest BCUT2D eigenvalue weighted by Crippen LogP contribution is 1.95. The highest BCUT2D eigenvalue weighted by molar-refractivity contribution is 4.56. The summed E-state index contributed by atoms with van der Waals surface area (Å²) in [6.07, 6.45) is 4.75. The van der Waals surface area contributed by atoms with Gasteiger partial charge in [0.2, 0.25) is 0 Å². The third-order valence-corrected chi connectivity index (χ3v) is 2.44. The lowest BCUT2D eigenvalue weighted by Gasteiger charge is -2.20. The summed E-state index contributed by atoms with van der Waals surface area (Å²) >= 11 is 0. The van der Waals surface area contributed by atoms with Gasteiger partial charge in [-0.1, -0.05) is 26.7 Å². The molecule has 0 aliphatic carbocycles. The normalized spacial score (nSPS) is 11.2. The first kappa shape index (κ1) is 14.9. The number of aliphatic hydroxyl groups excluding tert-OH is 1. The Balaban J connectivity index is 3.38. The molecule has 0 aromatic heterocycles. The molecule has 0 spiro atoms. The van der Waals surface area contributed by atoms with Gasteiger partial charge < -0.3 is 9.84 Å². The molecule has 1 N–H and O–H groups in total. The molecular weight excluding hydrogens is 190 g/mol. The molecule has 0 rings (SSSR count). The minimum absolute atomic E-state index is 0.249. The molecule has 15 heavy (non-hydrogen) atoms. The summed E-state index contributed by atoms with van der Waals surface area (Å²) in [5.41, 5.74) is 0. The first-order valence-electron chi connectivity index (χ1n) is 6.26. The van der Waals surface area contributed by atoms with E-state index in [0.717, 1.165) is 39.3 Å². The third kappa shape index (κ3) is 10.2. The highest BCUT2D eigenvalue weighted by atomic mass is 16.5. The summed E-state index contributed by atoms with van der Waals surface area (Å²) in [4.78, 5) is 2.27. The van der Waals surface area contributed by atoms with Crippen LogP contribution in [0.5, 0.6) is 0 Å². The molecule has 0 radical (unpaired) electrons. The Bertz CT molecular complexity index is 120. The van der Waals surface area contributed by atoms with Crippen molar-refractivity contribution >= 4 is 0 Å². The number of aliphatic hydroxyl groups is 1. The number of hydrogen-bond donors (Lipinski definition) is 1. The van der Waals surface area contributed by atoms with Gasteiger partial charge in [0.25, 0.3) is 0 Å². The Morgan fingerprint density at radius 2 is 1.67 bits per heavy atom. The van der Waals surface area contributed by atoms with E-state index in [2.05, 4.69) is 18.7 Å². The van der Waals surface area contributed by atoms with Gasteiger partial charge in [-0.2, -0.15) is 0 Å². The van der Waals surface area contributed by atoms with Crippen LogP contribution in [0.4, 0.5) is 0 Å². The summed E-state index contributed by atoms with van der Waals surface area (Å²) in [5, 5.41) is 8.89. The minimum atomic E-state index is 0.249. The molecule has 0 atom stereocenters. The Labute approximate surface area is 94.4 Å². The van der Waals surface area contributed by atoms with Gasteiger partial charge in [-0.15, -0.1) is 0 Å². The molecule has 0 aliphatic rings. The van der Waals surface area contributed by atoms with Crippen LogP contribution in [0.1, 0.15) is 39.5 Å². The maximum Gasteiger partial charge on any atom is 0.0593 e. The van der Waals surface area contributed by atoms with Gasteiger partial charge in [-0.05, 0) is 19.4 Å². The molecule has 0 aromatic rings. The van der Waals surface area contributed by atoms with Crippen LogP contribution in [0.3, 0.4) is 0 Å². The number of hydrogen-bond acceptors (Lipinski definition) is 3. The molecule has 0 saturated carbocycles. The lowest BCUT2D eigenvalue weighted by Crippen LogP contribution is -2.31. The van der Waals surface area contributed by atoms with Crippen LogP contribution in [0.25, 0.3) is 0 Å². The summed E-state index contributed by atoms with van der Waals surface area (Å²) in [6, 6.07) is 0. The molecular formula is C12H27NO2. The average molecular weight is 217 g/mol. The monoisotopic (exact) mass is 217 g/mol. The van der Waals surface area contributed by atoms with E-state index in [1.807, 2.05) is 0 Å². The van der Waals surface area contributed by atoms with Gasteiger partial charge in [0.05, 0.1) is 13.2 Å². The zero-order valence-corrected chi connectivity index (χ0v) is 10.4. The van der Waals surface area contributed by atoms with E-state index >= 15 is 0 Å². The number of rotatable bonds is 11. The number of nitrogens with zero attached hydrogens (tertiary/aromatic N) is 1. The van der Waals surface area contributed by atoms with E-state index in [-0.39, 0.29) is 6.61 Å². The predicted octanol–water partition coefficient (Wildman–Crippen LogP) is 1.90. The van der Waals surface area contributed by atoms with Crippen molar-refractivity contribution in [3.63, 3.8) is 0 Å². The molecule has 0 heterocycles. The average Bonchev–Trinajstić information content (AvgIpc) is 2.25. The SMILES string of the molecule is CCCCOCCN(CCO)CCCC. The van der Waals surface area contributed by atoms with Crippen LogP contribution in [-0.4, -0.2) is 49.5 Å². The lowest BCUT2D eigenvalue weighted by atomic mass is 10.3. The fraction of sp³-hybridized carbons (Fsp3) is 1.00. The number of ether oxygens (including phenoxy) is 1. The molecule has 0 saturated heterocycles. The van der Waals surface area contributed by atoms with Crippen molar-refractivity contribution in [3.8, 4) is 0 Å². The molecule has 3 nitrogen and oxygen atoms in total. The number of unbranched alkanes of at least 4 members (excludes halogenated alkanes) is 2. The van der Waals surface area contributed by atoms with Crippen molar-refractivity contribution in [3.05, 3.63) is 0 Å². The molecule has 0 fully saturated rings. The summed E-state index contributed by atoms with van der Waals surface area (Å²) in [6.45, 7) is 9.08. The van der Waals surface area contributed by atoms with Crippen molar-refractivity contribution in [2.75, 3.05) is 39.5 Å². The van der Waals surface area contributed by atoms with Gasteiger partial charge >= 0.3 is 0 Å². The predicted molar refractivity (Wildman–Crippen MR) is 64.2 cm³/mol. The Hall–Kier alpha value is -0.120. The maximum atomic E-state index is 8.89. The largest absolute Gasteiger partial charge is 0.395 e. The summed E-state index contributed by atoms with van der Waals surface area (Å²) in [5.74, 6) is 0. The van der Waals surface area contributed by atoms with E-state index in [1.165, 1.54) is 19.3 Å². The molecule has 0 bridgehead atoms. The Morgan fingerprint density at radius 3 is 2.27 bits per heavy atom. The third-order valence-electron chi connectivity index (χ3n) is 2.44. The van der Waals surface area contributed by atoms with Crippen LogP contribution >= 0.6 is 0 Å². The first-order valence-corrected chi connectivity index (χ1v) is 6.26. The fourth-order valence-electron chi connectivity index (χ4n) is 1.40. The Kier molecular flexibility index (Phi) is 11.9. The molecule has 92 valence electrons. The topological polar surface area (TPSA) is 32.7 Å². The van der Waals surface area contributed by atoms with Crippen LogP contribution < -0.4 is 0 Å². The van der Waals surface area contributed by atoms with Crippen LogP contribution in [0.2, 0.25) is 0 Å². The van der Waals surface area contributed by atoms with Gasteiger partial charge in [0.15, 0.2) is 0 Å². The van der Waals surface area contributed by atoms with Crippen molar-refractivity contribution in [1.29, 1.82) is 0 Å². The van der Waals surface area contributed by atoms with Gasteiger partial charge in [0, 0.05) is 19.7 Å². The minimum Gasteiger partial charge on any atom is -0.395 e. The summed E-state index contributed by atoms with van der Waals surface area (Å²) in [7, 11) is 0. The standard InChI is InChI=1S/C12H27NO2/c1-3-5-7-13(8-10-14)9-12-15-11-6-4-2/h14H,3-12H2,1-2H3. The molecule has 0 amide bonds.